The average molecular weight is 328 g/mol. The summed E-state index contributed by atoms with van der Waals surface area (Å²) in [6.45, 7) is 2.90. The summed E-state index contributed by atoms with van der Waals surface area (Å²) < 4.78 is 1.62. The number of fused-ring (bicyclic) bond motifs is 1. The van der Waals surface area contributed by atoms with Gasteiger partial charge in [0.05, 0.1) is 5.39 Å². The highest BCUT2D eigenvalue weighted by molar-refractivity contribution is 7.16. The molecule has 4 rings (SSSR count). The largest absolute Gasteiger partial charge is 0.352 e. The van der Waals surface area contributed by atoms with Crippen LogP contribution in [0.4, 0.5) is 5.82 Å². The molecule has 118 valence electrons. The van der Waals surface area contributed by atoms with Crippen molar-refractivity contribution in [1.82, 2.24) is 24.6 Å². The average Bonchev–Trinajstić information content (AvgIpc) is 3.22. The number of rotatable bonds is 2. The maximum atomic E-state index is 12.5. The van der Waals surface area contributed by atoms with E-state index in [9.17, 15) is 4.79 Å². The molecule has 0 atom stereocenters. The van der Waals surface area contributed by atoms with Crippen LogP contribution in [0.5, 0.6) is 0 Å². The maximum absolute atomic E-state index is 12.5. The van der Waals surface area contributed by atoms with Gasteiger partial charge in [0.2, 0.25) is 0 Å². The van der Waals surface area contributed by atoms with Crippen molar-refractivity contribution in [2.24, 2.45) is 7.05 Å². The lowest BCUT2D eigenvalue weighted by atomic mass is 10.2. The first-order valence-corrected chi connectivity index (χ1v) is 8.32. The molecule has 4 heterocycles. The van der Waals surface area contributed by atoms with Gasteiger partial charge in [0.1, 0.15) is 22.7 Å². The standard InChI is InChI=1S/C15H16N6OS/c1-19-12(2-4-18-19)15(22)21-7-5-20(6-8-21)13-11-3-9-23-14(11)17-10-16-13/h2-4,9-10H,5-8H2,1H3. The lowest BCUT2D eigenvalue weighted by Crippen LogP contribution is -2.49. The predicted molar refractivity (Wildman–Crippen MR) is 88.7 cm³/mol. The first kappa shape index (κ1) is 14.1. The van der Waals surface area contributed by atoms with Gasteiger partial charge in [-0.2, -0.15) is 5.10 Å². The highest BCUT2D eigenvalue weighted by Gasteiger charge is 2.25. The molecule has 0 radical (unpaired) electrons. The Morgan fingerprint density at radius 2 is 2.00 bits per heavy atom. The SMILES string of the molecule is Cn1nccc1C(=O)N1CCN(c2ncnc3sccc23)CC1. The molecular weight excluding hydrogens is 312 g/mol. The van der Waals surface area contributed by atoms with E-state index in [1.807, 2.05) is 10.3 Å². The summed E-state index contributed by atoms with van der Waals surface area (Å²) in [6, 6.07) is 3.82. The molecule has 3 aromatic rings. The van der Waals surface area contributed by atoms with Crippen LogP contribution in [0.3, 0.4) is 0 Å². The molecule has 0 bridgehead atoms. The number of hydrogen-bond donors (Lipinski definition) is 0. The van der Waals surface area contributed by atoms with Crippen LogP contribution in [0.2, 0.25) is 0 Å². The zero-order chi connectivity index (χ0) is 15.8. The third kappa shape index (κ3) is 2.44. The Kier molecular flexibility index (Phi) is 3.45. The molecule has 1 aliphatic rings. The van der Waals surface area contributed by atoms with Crippen LogP contribution < -0.4 is 4.90 Å². The van der Waals surface area contributed by atoms with E-state index in [0.29, 0.717) is 18.8 Å². The smallest absolute Gasteiger partial charge is 0.272 e. The number of aryl methyl sites for hydroxylation is 1. The van der Waals surface area contributed by atoms with Gasteiger partial charge in [-0.3, -0.25) is 9.48 Å². The molecule has 1 amide bonds. The van der Waals surface area contributed by atoms with Crippen LogP contribution in [0.15, 0.2) is 30.0 Å². The van der Waals surface area contributed by atoms with Crippen LogP contribution in [0.25, 0.3) is 10.2 Å². The van der Waals surface area contributed by atoms with Gasteiger partial charge in [-0.25, -0.2) is 9.97 Å². The topological polar surface area (TPSA) is 67.2 Å². The fourth-order valence-corrected chi connectivity index (χ4v) is 3.62. The predicted octanol–water partition coefficient (Wildman–Crippen LogP) is 1.39. The number of carbonyl (C=O) groups is 1. The molecule has 8 heteroatoms. The lowest BCUT2D eigenvalue weighted by Gasteiger charge is -2.35. The van der Waals surface area contributed by atoms with Gasteiger partial charge >= 0.3 is 0 Å². The molecule has 0 unspecified atom stereocenters. The van der Waals surface area contributed by atoms with E-state index in [4.69, 9.17) is 0 Å². The fraction of sp³-hybridized carbons (Fsp3) is 0.333. The van der Waals surface area contributed by atoms with E-state index in [2.05, 4.69) is 26.0 Å². The highest BCUT2D eigenvalue weighted by atomic mass is 32.1. The Bertz CT molecular complexity index is 848. The van der Waals surface area contributed by atoms with E-state index >= 15 is 0 Å². The first-order chi connectivity index (χ1) is 11.2. The molecule has 1 saturated heterocycles. The zero-order valence-electron chi connectivity index (χ0n) is 12.7. The minimum Gasteiger partial charge on any atom is -0.352 e. The van der Waals surface area contributed by atoms with Crippen molar-refractivity contribution >= 4 is 33.3 Å². The van der Waals surface area contributed by atoms with E-state index in [1.54, 1.807) is 41.7 Å². The molecule has 0 N–H and O–H groups in total. The molecule has 1 fully saturated rings. The van der Waals surface area contributed by atoms with Gasteiger partial charge in [0, 0.05) is 39.4 Å². The van der Waals surface area contributed by atoms with Crippen LogP contribution in [0, 0.1) is 0 Å². The Hall–Kier alpha value is -2.48. The van der Waals surface area contributed by atoms with Crippen molar-refractivity contribution in [2.75, 3.05) is 31.1 Å². The monoisotopic (exact) mass is 328 g/mol. The minimum atomic E-state index is 0.0352. The molecule has 7 nitrogen and oxygen atoms in total. The van der Waals surface area contributed by atoms with Crippen molar-refractivity contribution < 1.29 is 4.79 Å². The summed E-state index contributed by atoms with van der Waals surface area (Å²) in [6.07, 6.45) is 3.26. The van der Waals surface area contributed by atoms with Crippen LogP contribution in [-0.4, -0.2) is 56.7 Å². The van der Waals surface area contributed by atoms with Crippen molar-refractivity contribution in [1.29, 1.82) is 0 Å². The van der Waals surface area contributed by atoms with Gasteiger partial charge in [-0.05, 0) is 17.5 Å². The van der Waals surface area contributed by atoms with Gasteiger partial charge in [0.15, 0.2) is 0 Å². The fourth-order valence-electron chi connectivity index (χ4n) is 2.90. The number of aromatic nitrogens is 4. The van der Waals surface area contributed by atoms with Crippen molar-refractivity contribution in [2.45, 2.75) is 0 Å². The number of carbonyl (C=O) groups excluding carboxylic acids is 1. The van der Waals surface area contributed by atoms with Crippen LogP contribution in [0.1, 0.15) is 10.5 Å². The lowest BCUT2D eigenvalue weighted by molar-refractivity contribution is 0.0735. The number of hydrogen-bond acceptors (Lipinski definition) is 6. The minimum absolute atomic E-state index is 0.0352. The molecule has 0 aromatic carbocycles. The maximum Gasteiger partial charge on any atom is 0.272 e. The number of piperazine rings is 1. The molecular formula is C15H16N6OS. The molecule has 1 aliphatic heterocycles. The molecule has 0 spiro atoms. The Morgan fingerprint density at radius 3 is 2.74 bits per heavy atom. The van der Waals surface area contributed by atoms with E-state index in [-0.39, 0.29) is 5.91 Å². The summed E-state index contributed by atoms with van der Waals surface area (Å²) in [7, 11) is 1.79. The summed E-state index contributed by atoms with van der Waals surface area (Å²) in [4.78, 5) is 26.4. The second-order valence-electron chi connectivity index (χ2n) is 5.46. The normalized spacial score (nSPS) is 15.3. The van der Waals surface area contributed by atoms with Gasteiger partial charge in [0.25, 0.3) is 5.91 Å². The zero-order valence-corrected chi connectivity index (χ0v) is 13.5. The number of thiophene rings is 1. The number of anilines is 1. The summed E-state index contributed by atoms with van der Waals surface area (Å²) in [5, 5.41) is 7.19. The van der Waals surface area contributed by atoms with Gasteiger partial charge in [-0.1, -0.05) is 0 Å². The quantitative estimate of drug-likeness (QED) is 0.711. The third-order valence-corrected chi connectivity index (χ3v) is 4.97. The molecule has 0 saturated carbocycles. The van der Waals surface area contributed by atoms with Gasteiger partial charge in [-0.15, -0.1) is 11.3 Å². The van der Waals surface area contributed by atoms with E-state index in [0.717, 1.165) is 29.1 Å². The van der Waals surface area contributed by atoms with Crippen molar-refractivity contribution in [3.8, 4) is 0 Å². The molecule has 0 aliphatic carbocycles. The van der Waals surface area contributed by atoms with Crippen LogP contribution >= 0.6 is 11.3 Å². The van der Waals surface area contributed by atoms with Crippen molar-refractivity contribution in [3.63, 3.8) is 0 Å². The molecule has 3 aromatic heterocycles. The third-order valence-electron chi connectivity index (χ3n) is 4.15. The summed E-state index contributed by atoms with van der Waals surface area (Å²) in [5.41, 5.74) is 0.626. The Morgan fingerprint density at radius 1 is 1.17 bits per heavy atom. The number of nitrogens with zero attached hydrogens (tertiary/aromatic N) is 6. The number of amides is 1. The van der Waals surface area contributed by atoms with Crippen LogP contribution in [-0.2, 0) is 7.05 Å². The second-order valence-corrected chi connectivity index (χ2v) is 6.35. The highest BCUT2D eigenvalue weighted by Crippen LogP contribution is 2.27. The van der Waals surface area contributed by atoms with Crippen molar-refractivity contribution in [3.05, 3.63) is 35.7 Å². The second kappa shape index (κ2) is 5.62. The van der Waals surface area contributed by atoms with E-state index in [1.165, 1.54) is 0 Å². The van der Waals surface area contributed by atoms with Gasteiger partial charge < -0.3 is 9.80 Å². The Labute approximate surface area is 137 Å². The molecule has 23 heavy (non-hydrogen) atoms. The summed E-state index contributed by atoms with van der Waals surface area (Å²) >= 11 is 1.62. The first-order valence-electron chi connectivity index (χ1n) is 7.44. The Balaban J connectivity index is 1.50. The summed E-state index contributed by atoms with van der Waals surface area (Å²) in [5.74, 6) is 0.997. The van der Waals surface area contributed by atoms with E-state index < -0.39 is 0 Å².